The molecule has 0 heterocycles. The smallest absolute Gasteiger partial charge is 0.308 e. The van der Waals surface area contributed by atoms with Gasteiger partial charge >= 0.3 is 5.97 Å². The molecule has 0 aromatic heterocycles. The number of aliphatic hydroxyl groups is 1. The molecule has 0 aliphatic heterocycles. The minimum Gasteiger partial charge on any atom is -0.466 e. The van der Waals surface area contributed by atoms with Gasteiger partial charge in [0.05, 0.1) is 34.2 Å². The van der Waals surface area contributed by atoms with E-state index in [0.29, 0.717) is 17.6 Å². The van der Waals surface area contributed by atoms with Gasteiger partial charge in [0.2, 0.25) is 0 Å². The average Bonchev–Trinajstić information content (AvgIpc) is 1.81. The van der Waals surface area contributed by atoms with Gasteiger partial charge in [-0.3, -0.25) is 4.79 Å². The predicted octanol–water partition coefficient (Wildman–Crippen LogP) is 0.00670. The van der Waals surface area contributed by atoms with E-state index in [1.807, 2.05) is 21.1 Å². The molecular weight excluding hydrogens is 170 g/mol. The Morgan fingerprint density at radius 2 is 2.00 bits per heavy atom. The number of hydrogen-bond donors (Lipinski definition) is 1. The molecule has 0 saturated heterocycles. The Hall–Kier alpha value is -0.610. The highest BCUT2D eigenvalue weighted by Crippen LogP contribution is 2.00. The second-order valence-electron chi connectivity index (χ2n) is 4.14. The lowest BCUT2D eigenvalue weighted by Gasteiger charge is -2.26. The first kappa shape index (κ1) is 12.4. The van der Waals surface area contributed by atoms with Crippen molar-refractivity contribution in [2.24, 2.45) is 0 Å². The molecule has 0 saturated carbocycles. The SMILES string of the molecule is CCOC(=O)C[C@@H](O)C[N+](C)(C)C. The number of nitrogens with zero attached hydrogens (tertiary/aromatic N) is 1. The molecule has 0 aromatic carbocycles. The zero-order chi connectivity index (χ0) is 10.5. The van der Waals surface area contributed by atoms with Crippen LogP contribution in [-0.2, 0) is 9.53 Å². The summed E-state index contributed by atoms with van der Waals surface area (Å²) in [6.45, 7) is 2.68. The molecule has 13 heavy (non-hydrogen) atoms. The van der Waals surface area contributed by atoms with Crippen LogP contribution >= 0.6 is 0 Å². The number of carbonyl (C=O) groups is 1. The lowest BCUT2D eigenvalue weighted by atomic mass is 10.2. The van der Waals surface area contributed by atoms with Crippen LogP contribution in [0.3, 0.4) is 0 Å². The van der Waals surface area contributed by atoms with Crippen LogP contribution in [0.15, 0.2) is 0 Å². The van der Waals surface area contributed by atoms with Gasteiger partial charge in [0.25, 0.3) is 0 Å². The minimum atomic E-state index is -0.612. The van der Waals surface area contributed by atoms with E-state index in [9.17, 15) is 9.90 Å². The van der Waals surface area contributed by atoms with Gasteiger partial charge in [-0.05, 0) is 6.92 Å². The predicted molar refractivity (Wildman–Crippen MR) is 50.2 cm³/mol. The van der Waals surface area contributed by atoms with Crippen molar-refractivity contribution < 1.29 is 19.1 Å². The summed E-state index contributed by atoms with van der Waals surface area (Å²) in [5.41, 5.74) is 0. The summed E-state index contributed by atoms with van der Waals surface area (Å²) in [5.74, 6) is -0.330. The molecule has 4 nitrogen and oxygen atoms in total. The van der Waals surface area contributed by atoms with E-state index in [0.717, 1.165) is 0 Å². The number of esters is 1. The van der Waals surface area contributed by atoms with Crippen molar-refractivity contribution in [1.82, 2.24) is 0 Å². The third-order valence-electron chi connectivity index (χ3n) is 1.47. The molecule has 78 valence electrons. The number of aliphatic hydroxyl groups excluding tert-OH is 1. The summed E-state index contributed by atoms with van der Waals surface area (Å²) in [5, 5.41) is 9.47. The largest absolute Gasteiger partial charge is 0.466 e. The molecule has 1 atom stereocenters. The fourth-order valence-electron chi connectivity index (χ4n) is 1.11. The number of hydrogen-bond acceptors (Lipinski definition) is 3. The molecule has 0 aliphatic carbocycles. The summed E-state index contributed by atoms with van der Waals surface area (Å²) in [7, 11) is 5.90. The van der Waals surface area contributed by atoms with E-state index in [4.69, 9.17) is 4.74 Å². The summed E-state index contributed by atoms with van der Waals surface area (Å²) in [4.78, 5) is 11.0. The van der Waals surface area contributed by atoms with E-state index in [1.165, 1.54) is 0 Å². The first-order valence-corrected chi connectivity index (χ1v) is 4.49. The molecule has 0 rings (SSSR count). The molecular formula is C9H20NO3+. The van der Waals surface area contributed by atoms with E-state index < -0.39 is 6.10 Å². The molecule has 0 fully saturated rings. The maximum Gasteiger partial charge on any atom is 0.308 e. The Morgan fingerprint density at radius 1 is 1.46 bits per heavy atom. The minimum absolute atomic E-state index is 0.0867. The molecule has 0 aliphatic rings. The van der Waals surface area contributed by atoms with E-state index in [1.54, 1.807) is 6.92 Å². The van der Waals surface area contributed by atoms with Crippen molar-refractivity contribution in [1.29, 1.82) is 0 Å². The van der Waals surface area contributed by atoms with Crippen LogP contribution in [0.4, 0.5) is 0 Å². The standard InChI is InChI=1S/C9H20NO3/c1-5-13-9(12)6-8(11)7-10(2,3)4/h8,11H,5-7H2,1-4H3/q+1/t8-/m1/s1. The normalized spacial score (nSPS) is 13.9. The van der Waals surface area contributed by atoms with E-state index in [-0.39, 0.29) is 12.4 Å². The maximum absolute atomic E-state index is 11.0. The van der Waals surface area contributed by atoms with Crippen LogP contribution in [0, 0.1) is 0 Å². The maximum atomic E-state index is 11.0. The third kappa shape index (κ3) is 7.74. The van der Waals surface area contributed by atoms with E-state index >= 15 is 0 Å². The zero-order valence-corrected chi connectivity index (χ0v) is 8.91. The Kier molecular flexibility index (Phi) is 4.95. The molecule has 0 aromatic rings. The number of rotatable bonds is 5. The van der Waals surface area contributed by atoms with Crippen molar-refractivity contribution >= 4 is 5.97 Å². The third-order valence-corrected chi connectivity index (χ3v) is 1.47. The molecule has 1 N–H and O–H groups in total. The molecule has 0 unspecified atom stereocenters. The lowest BCUT2D eigenvalue weighted by molar-refractivity contribution is -0.873. The van der Waals surface area contributed by atoms with Crippen LogP contribution in [0.2, 0.25) is 0 Å². The quantitative estimate of drug-likeness (QED) is 0.490. The fraction of sp³-hybridized carbons (Fsp3) is 0.889. The van der Waals surface area contributed by atoms with Crippen molar-refractivity contribution in [3.8, 4) is 0 Å². The van der Waals surface area contributed by atoms with Crippen LogP contribution < -0.4 is 0 Å². The summed E-state index contributed by atoms with van der Waals surface area (Å²) in [6.07, 6.45) is -0.525. The fourth-order valence-corrected chi connectivity index (χ4v) is 1.11. The van der Waals surface area contributed by atoms with Crippen molar-refractivity contribution in [2.45, 2.75) is 19.4 Å². The monoisotopic (exact) mass is 190 g/mol. The van der Waals surface area contributed by atoms with Gasteiger partial charge in [0, 0.05) is 0 Å². The van der Waals surface area contributed by atoms with Gasteiger partial charge in [-0.1, -0.05) is 0 Å². The summed E-state index contributed by atoms with van der Waals surface area (Å²) in [6, 6.07) is 0. The highest BCUT2D eigenvalue weighted by molar-refractivity contribution is 5.69. The van der Waals surface area contributed by atoms with Gasteiger partial charge in [0.1, 0.15) is 12.6 Å². The summed E-state index contributed by atoms with van der Waals surface area (Å²) >= 11 is 0. The lowest BCUT2D eigenvalue weighted by Crippen LogP contribution is -2.42. The van der Waals surface area contributed by atoms with Crippen molar-refractivity contribution in [2.75, 3.05) is 34.3 Å². The average molecular weight is 190 g/mol. The zero-order valence-electron chi connectivity index (χ0n) is 8.91. The number of likely N-dealkylation sites (N-methyl/N-ethyl adjacent to an activating group) is 1. The molecule has 0 amide bonds. The first-order chi connectivity index (χ1) is 5.85. The Balaban J connectivity index is 3.74. The first-order valence-electron chi connectivity index (χ1n) is 4.49. The summed E-state index contributed by atoms with van der Waals surface area (Å²) < 4.78 is 5.36. The van der Waals surface area contributed by atoms with Crippen LogP contribution in [0.1, 0.15) is 13.3 Å². The Bertz CT molecular complexity index is 163. The van der Waals surface area contributed by atoms with Crippen LogP contribution in [0.25, 0.3) is 0 Å². The van der Waals surface area contributed by atoms with Gasteiger partial charge in [-0.2, -0.15) is 0 Å². The number of quaternary nitrogens is 1. The van der Waals surface area contributed by atoms with E-state index in [2.05, 4.69) is 0 Å². The van der Waals surface area contributed by atoms with Crippen LogP contribution in [-0.4, -0.2) is 56.0 Å². The molecule has 0 radical (unpaired) electrons. The van der Waals surface area contributed by atoms with Gasteiger partial charge < -0.3 is 14.3 Å². The van der Waals surface area contributed by atoms with Crippen molar-refractivity contribution in [3.05, 3.63) is 0 Å². The Labute approximate surface area is 79.7 Å². The van der Waals surface area contributed by atoms with Gasteiger partial charge in [0.15, 0.2) is 0 Å². The topological polar surface area (TPSA) is 46.5 Å². The van der Waals surface area contributed by atoms with Crippen LogP contribution in [0.5, 0.6) is 0 Å². The molecule has 0 spiro atoms. The second-order valence-corrected chi connectivity index (χ2v) is 4.14. The van der Waals surface area contributed by atoms with Gasteiger partial charge in [-0.15, -0.1) is 0 Å². The molecule has 4 heteroatoms. The van der Waals surface area contributed by atoms with Crippen molar-refractivity contribution in [3.63, 3.8) is 0 Å². The van der Waals surface area contributed by atoms with Gasteiger partial charge in [-0.25, -0.2) is 0 Å². The Morgan fingerprint density at radius 3 is 2.38 bits per heavy atom. The molecule has 0 bridgehead atoms. The number of carbonyl (C=O) groups excluding carboxylic acids is 1. The second kappa shape index (κ2) is 5.19. The highest BCUT2D eigenvalue weighted by Gasteiger charge is 2.18. The number of ether oxygens (including phenoxy) is 1. The highest BCUT2D eigenvalue weighted by atomic mass is 16.5.